The Balaban J connectivity index is 1.95. The predicted molar refractivity (Wildman–Crippen MR) is 83.0 cm³/mol. The fourth-order valence-corrected chi connectivity index (χ4v) is 2.43. The van der Waals surface area contributed by atoms with E-state index in [1.54, 1.807) is 4.90 Å². The molecule has 1 saturated heterocycles. The summed E-state index contributed by atoms with van der Waals surface area (Å²) >= 11 is 0. The van der Waals surface area contributed by atoms with Gasteiger partial charge < -0.3 is 15.5 Å². The van der Waals surface area contributed by atoms with Crippen LogP contribution in [-0.2, 0) is 4.79 Å². The number of nitrogens with one attached hydrogen (secondary N) is 2. The molecular formula is C16H22FN3O2. The van der Waals surface area contributed by atoms with Crippen molar-refractivity contribution in [1.82, 2.24) is 10.2 Å². The third-order valence-corrected chi connectivity index (χ3v) is 3.60. The topological polar surface area (TPSA) is 61.4 Å². The van der Waals surface area contributed by atoms with Gasteiger partial charge in [-0.2, -0.15) is 0 Å². The quantitative estimate of drug-likeness (QED) is 0.898. The van der Waals surface area contributed by atoms with Crippen LogP contribution >= 0.6 is 0 Å². The molecule has 0 aromatic heterocycles. The van der Waals surface area contributed by atoms with Crippen molar-refractivity contribution in [1.29, 1.82) is 0 Å². The summed E-state index contributed by atoms with van der Waals surface area (Å²) in [6, 6.07) is 4.81. The van der Waals surface area contributed by atoms with Crippen LogP contribution in [0.15, 0.2) is 24.3 Å². The summed E-state index contributed by atoms with van der Waals surface area (Å²) in [6.07, 6.45) is 1.47. The lowest BCUT2D eigenvalue weighted by atomic mass is 10.2. The summed E-state index contributed by atoms with van der Waals surface area (Å²) in [6.45, 7) is 5.19. The Labute approximate surface area is 129 Å². The summed E-state index contributed by atoms with van der Waals surface area (Å²) in [5, 5.41) is 5.57. The fourth-order valence-electron chi connectivity index (χ4n) is 2.43. The average molecular weight is 307 g/mol. The van der Waals surface area contributed by atoms with E-state index < -0.39 is 6.04 Å². The normalized spacial score (nSPS) is 17.6. The maximum atomic E-state index is 12.9. The second-order valence-electron chi connectivity index (χ2n) is 5.93. The van der Waals surface area contributed by atoms with Crippen molar-refractivity contribution in [2.24, 2.45) is 5.92 Å². The number of hydrogen-bond donors (Lipinski definition) is 2. The van der Waals surface area contributed by atoms with E-state index in [1.165, 1.54) is 24.3 Å². The van der Waals surface area contributed by atoms with Gasteiger partial charge in [0.2, 0.25) is 5.91 Å². The molecule has 0 bridgehead atoms. The molecule has 2 N–H and O–H groups in total. The first-order valence-electron chi connectivity index (χ1n) is 7.58. The van der Waals surface area contributed by atoms with Gasteiger partial charge in [-0.15, -0.1) is 0 Å². The van der Waals surface area contributed by atoms with Crippen LogP contribution < -0.4 is 10.6 Å². The molecule has 1 aliphatic heterocycles. The number of amides is 3. The average Bonchev–Trinajstić information content (AvgIpc) is 2.96. The van der Waals surface area contributed by atoms with Crippen LogP contribution in [0, 0.1) is 11.7 Å². The maximum absolute atomic E-state index is 12.9. The van der Waals surface area contributed by atoms with E-state index >= 15 is 0 Å². The van der Waals surface area contributed by atoms with E-state index in [2.05, 4.69) is 10.6 Å². The maximum Gasteiger partial charge on any atom is 0.322 e. The first kappa shape index (κ1) is 16.3. The highest BCUT2D eigenvalue weighted by Gasteiger charge is 2.34. The number of likely N-dealkylation sites (tertiary alicyclic amines) is 1. The molecule has 1 aromatic rings. The van der Waals surface area contributed by atoms with Gasteiger partial charge >= 0.3 is 6.03 Å². The van der Waals surface area contributed by atoms with Crippen LogP contribution in [0.5, 0.6) is 0 Å². The molecule has 1 aliphatic rings. The van der Waals surface area contributed by atoms with Crippen LogP contribution in [0.3, 0.4) is 0 Å². The number of nitrogens with zero attached hydrogens (tertiary/aromatic N) is 1. The molecule has 1 aromatic carbocycles. The highest BCUT2D eigenvalue weighted by molar-refractivity contribution is 5.94. The minimum atomic E-state index is -0.431. The summed E-state index contributed by atoms with van der Waals surface area (Å²) in [5.74, 6) is -0.0996. The molecule has 6 heteroatoms. The number of anilines is 1. The fraction of sp³-hybridized carbons (Fsp3) is 0.500. The number of benzene rings is 1. The summed E-state index contributed by atoms with van der Waals surface area (Å²) in [7, 11) is 0. The molecule has 5 nitrogen and oxygen atoms in total. The van der Waals surface area contributed by atoms with Crippen LogP contribution in [0.4, 0.5) is 14.9 Å². The predicted octanol–water partition coefficient (Wildman–Crippen LogP) is 2.59. The van der Waals surface area contributed by atoms with E-state index in [0.29, 0.717) is 31.1 Å². The molecule has 1 atom stereocenters. The van der Waals surface area contributed by atoms with Gasteiger partial charge in [0.1, 0.15) is 11.9 Å². The Hall–Kier alpha value is -2.11. The first-order valence-corrected chi connectivity index (χ1v) is 7.58. The van der Waals surface area contributed by atoms with Gasteiger partial charge in [0.25, 0.3) is 0 Å². The van der Waals surface area contributed by atoms with Crippen LogP contribution in [-0.4, -0.2) is 36.0 Å². The largest absolute Gasteiger partial charge is 0.354 e. The van der Waals surface area contributed by atoms with Crippen molar-refractivity contribution >= 4 is 17.6 Å². The Morgan fingerprint density at radius 2 is 2.00 bits per heavy atom. The smallest absolute Gasteiger partial charge is 0.322 e. The zero-order valence-corrected chi connectivity index (χ0v) is 12.9. The zero-order chi connectivity index (χ0) is 16.1. The number of hydrogen-bond acceptors (Lipinski definition) is 2. The zero-order valence-electron chi connectivity index (χ0n) is 12.9. The molecule has 0 aliphatic carbocycles. The Morgan fingerprint density at radius 3 is 2.64 bits per heavy atom. The Morgan fingerprint density at radius 1 is 1.32 bits per heavy atom. The molecule has 0 radical (unpaired) electrons. The summed E-state index contributed by atoms with van der Waals surface area (Å²) < 4.78 is 12.9. The third-order valence-electron chi connectivity index (χ3n) is 3.60. The lowest BCUT2D eigenvalue weighted by Crippen LogP contribution is -2.48. The second kappa shape index (κ2) is 7.24. The molecule has 120 valence electrons. The number of urea groups is 1. The molecule has 22 heavy (non-hydrogen) atoms. The molecular weight excluding hydrogens is 285 g/mol. The van der Waals surface area contributed by atoms with Crippen molar-refractivity contribution in [3.05, 3.63) is 30.1 Å². The molecule has 2 rings (SSSR count). The van der Waals surface area contributed by atoms with Gasteiger partial charge in [0.15, 0.2) is 0 Å². The highest BCUT2D eigenvalue weighted by atomic mass is 19.1. The molecule has 3 amide bonds. The number of carbonyl (C=O) groups is 2. The van der Waals surface area contributed by atoms with Crippen LogP contribution in [0.1, 0.15) is 26.7 Å². The van der Waals surface area contributed by atoms with Gasteiger partial charge in [0, 0.05) is 18.8 Å². The van der Waals surface area contributed by atoms with Gasteiger partial charge in [-0.05, 0) is 43.0 Å². The van der Waals surface area contributed by atoms with Crippen molar-refractivity contribution in [2.45, 2.75) is 32.7 Å². The van der Waals surface area contributed by atoms with E-state index in [9.17, 15) is 14.0 Å². The van der Waals surface area contributed by atoms with Crippen molar-refractivity contribution in [3.63, 3.8) is 0 Å². The standard InChI is InChI=1S/C16H22FN3O2/c1-11(2)10-18-15(21)14-4-3-9-20(14)16(22)19-13-7-5-12(17)6-8-13/h5-8,11,14H,3-4,9-10H2,1-2H3,(H,18,21)(H,19,22)/t14-/m1/s1. The van der Waals surface area contributed by atoms with Gasteiger partial charge in [-0.1, -0.05) is 13.8 Å². The molecule has 1 heterocycles. The van der Waals surface area contributed by atoms with Crippen molar-refractivity contribution in [3.8, 4) is 0 Å². The minimum Gasteiger partial charge on any atom is -0.354 e. The van der Waals surface area contributed by atoms with Crippen LogP contribution in [0.25, 0.3) is 0 Å². The third kappa shape index (κ3) is 4.19. The SMILES string of the molecule is CC(C)CNC(=O)[C@H]1CCCN1C(=O)Nc1ccc(F)cc1. The van der Waals surface area contributed by atoms with E-state index in [1.807, 2.05) is 13.8 Å². The first-order chi connectivity index (χ1) is 10.5. The lowest BCUT2D eigenvalue weighted by Gasteiger charge is -2.24. The Kier molecular flexibility index (Phi) is 5.35. The van der Waals surface area contributed by atoms with E-state index in [-0.39, 0.29) is 17.8 Å². The molecule has 0 unspecified atom stereocenters. The van der Waals surface area contributed by atoms with Gasteiger partial charge in [-0.25, -0.2) is 9.18 Å². The van der Waals surface area contributed by atoms with Gasteiger partial charge in [0.05, 0.1) is 0 Å². The van der Waals surface area contributed by atoms with E-state index in [0.717, 1.165) is 6.42 Å². The van der Waals surface area contributed by atoms with Crippen molar-refractivity contribution in [2.75, 3.05) is 18.4 Å². The highest BCUT2D eigenvalue weighted by Crippen LogP contribution is 2.19. The minimum absolute atomic E-state index is 0.111. The van der Waals surface area contributed by atoms with Crippen LogP contribution in [0.2, 0.25) is 0 Å². The van der Waals surface area contributed by atoms with Gasteiger partial charge in [-0.3, -0.25) is 4.79 Å². The van der Waals surface area contributed by atoms with Crippen molar-refractivity contribution < 1.29 is 14.0 Å². The molecule has 1 fully saturated rings. The lowest BCUT2D eigenvalue weighted by molar-refractivity contribution is -0.124. The Bertz CT molecular complexity index is 531. The number of rotatable bonds is 4. The molecule has 0 spiro atoms. The van der Waals surface area contributed by atoms with E-state index in [4.69, 9.17) is 0 Å². The monoisotopic (exact) mass is 307 g/mol. The number of carbonyl (C=O) groups excluding carboxylic acids is 2. The summed E-state index contributed by atoms with van der Waals surface area (Å²) in [4.78, 5) is 26.0. The number of halogens is 1. The molecule has 0 saturated carbocycles. The second-order valence-corrected chi connectivity index (χ2v) is 5.93. The summed E-state index contributed by atoms with van der Waals surface area (Å²) in [5.41, 5.74) is 0.514.